The van der Waals surface area contributed by atoms with Crippen LogP contribution in [0.5, 0.6) is 0 Å². The van der Waals surface area contributed by atoms with E-state index in [1.165, 1.54) is 31.4 Å². The Morgan fingerprint density at radius 3 is 2.50 bits per heavy atom. The van der Waals surface area contributed by atoms with Crippen molar-refractivity contribution in [2.45, 2.75) is 11.8 Å². The lowest BCUT2D eigenvalue weighted by Crippen LogP contribution is -2.31. The molecule has 0 bridgehead atoms. The molecule has 0 aromatic heterocycles. The van der Waals surface area contributed by atoms with E-state index in [0.29, 0.717) is 5.69 Å². The largest absolute Gasteiger partial charge is 0.465 e. The van der Waals surface area contributed by atoms with Gasteiger partial charge in [0, 0.05) is 11.6 Å². The minimum Gasteiger partial charge on any atom is -0.465 e. The zero-order chi connectivity index (χ0) is 17.9. The number of hydrogen-bond acceptors (Lipinski definition) is 4. The van der Waals surface area contributed by atoms with Crippen molar-refractivity contribution in [2.75, 3.05) is 18.0 Å². The van der Waals surface area contributed by atoms with Crippen LogP contribution < -0.4 is 4.31 Å². The van der Waals surface area contributed by atoms with Crippen molar-refractivity contribution >= 4 is 44.9 Å². The molecule has 0 aliphatic rings. The minimum atomic E-state index is -3.94. The molecule has 0 spiro atoms. The highest BCUT2D eigenvalue weighted by molar-refractivity contribution is 7.93. The van der Waals surface area contributed by atoms with Gasteiger partial charge in [0.15, 0.2) is 0 Å². The van der Waals surface area contributed by atoms with Gasteiger partial charge >= 0.3 is 5.97 Å². The number of nitrogens with zero attached hydrogens (tertiary/aromatic N) is 1. The van der Waals surface area contributed by atoms with Crippen LogP contribution in [0.3, 0.4) is 0 Å². The van der Waals surface area contributed by atoms with E-state index >= 15 is 0 Å². The molecule has 2 rings (SSSR count). The Bertz CT molecular complexity index is 868. The number of hydrogen-bond donors (Lipinski definition) is 0. The Kier molecular flexibility index (Phi) is 5.74. The number of esters is 1. The topological polar surface area (TPSA) is 63.7 Å². The number of sulfonamides is 1. The number of ether oxygens (including phenoxy) is 1. The molecule has 0 amide bonds. The average molecular weight is 388 g/mol. The summed E-state index contributed by atoms with van der Waals surface area (Å²) in [6.45, 7) is 1.83. The van der Waals surface area contributed by atoms with E-state index in [1.54, 1.807) is 25.1 Å². The maximum atomic E-state index is 13.0. The fraction of sp³-hybridized carbons (Fsp3) is 0.188. The summed E-state index contributed by atoms with van der Waals surface area (Å²) >= 11 is 11.9. The molecule has 0 unspecified atom stereocenters. The first kappa shape index (κ1) is 18.6. The quantitative estimate of drug-likeness (QED) is 0.727. The van der Waals surface area contributed by atoms with Crippen LogP contribution in [-0.4, -0.2) is 28.0 Å². The molecule has 0 atom stereocenters. The molecule has 0 saturated heterocycles. The highest BCUT2D eigenvalue weighted by Gasteiger charge is 2.27. The second kappa shape index (κ2) is 7.42. The Morgan fingerprint density at radius 1 is 1.17 bits per heavy atom. The van der Waals surface area contributed by atoms with Crippen molar-refractivity contribution in [1.29, 1.82) is 0 Å². The van der Waals surface area contributed by atoms with E-state index in [4.69, 9.17) is 23.2 Å². The summed E-state index contributed by atoms with van der Waals surface area (Å²) in [5.74, 6) is -0.550. The number of carbonyl (C=O) groups is 1. The van der Waals surface area contributed by atoms with Gasteiger partial charge in [-0.2, -0.15) is 0 Å². The molecule has 0 heterocycles. The van der Waals surface area contributed by atoms with Gasteiger partial charge in [0.1, 0.15) is 4.90 Å². The van der Waals surface area contributed by atoms with Gasteiger partial charge in [-0.25, -0.2) is 13.2 Å². The summed E-state index contributed by atoms with van der Waals surface area (Å²) in [6, 6.07) is 10.4. The number of benzene rings is 2. The highest BCUT2D eigenvalue weighted by atomic mass is 35.5. The van der Waals surface area contributed by atoms with E-state index in [1.807, 2.05) is 0 Å². The molecule has 5 nitrogen and oxygen atoms in total. The maximum Gasteiger partial charge on any atom is 0.337 e. The van der Waals surface area contributed by atoms with Gasteiger partial charge in [0.05, 0.1) is 23.4 Å². The van der Waals surface area contributed by atoms with E-state index in [9.17, 15) is 13.2 Å². The number of anilines is 1. The van der Waals surface area contributed by atoms with Crippen molar-refractivity contribution in [3.05, 3.63) is 58.1 Å². The van der Waals surface area contributed by atoms with Gasteiger partial charge in [-0.05, 0) is 43.3 Å². The third kappa shape index (κ3) is 3.66. The van der Waals surface area contributed by atoms with Crippen molar-refractivity contribution < 1.29 is 17.9 Å². The SMILES string of the molecule is CCN(c1cccc(C(=O)OC)c1)S(=O)(=O)c1cc(Cl)ccc1Cl. The Morgan fingerprint density at radius 2 is 1.88 bits per heavy atom. The van der Waals surface area contributed by atoms with Crippen LogP contribution in [0, 0.1) is 0 Å². The molecule has 2 aromatic rings. The molecule has 24 heavy (non-hydrogen) atoms. The monoisotopic (exact) mass is 387 g/mol. The van der Waals surface area contributed by atoms with Crippen LogP contribution in [0.15, 0.2) is 47.4 Å². The fourth-order valence-corrected chi connectivity index (χ4v) is 4.40. The van der Waals surface area contributed by atoms with Gasteiger partial charge in [-0.15, -0.1) is 0 Å². The second-order valence-corrected chi connectivity index (χ2v) is 7.46. The van der Waals surface area contributed by atoms with Crippen molar-refractivity contribution in [1.82, 2.24) is 0 Å². The standard InChI is InChI=1S/C16H15Cl2NO4S/c1-3-19(13-6-4-5-11(9-13)16(20)23-2)24(21,22)15-10-12(17)7-8-14(15)18/h4-10H,3H2,1-2H3. The van der Waals surface area contributed by atoms with E-state index in [-0.39, 0.29) is 27.0 Å². The number of carbonyl (C=O) groups excluding carboxylic acids is 1. The van der Waals surface area contributed by atoms with Crippen LogP contribution in [-0.2, 0) is 14.8 Å². The van der Waals surface area contributed by atoms with Gasteiger partial charge in [0.25, 0.3) is 10.0 Å². The molecule has 128 valence electrons. The molecule has 0 aliphatic carbocycles. The van der Waals surface area contributed by atoms with Gasteiger partial charge in [0.2, 0.25) is 0 Å². The third-order valence-corrected chi connectivity index (χ3v) is 5.92. The van der Waals surface area contributed by atoms with Gasteiger partial charge in [-0.1, -0.05) is 29.3 Å². The van der Waals surface area contributed by atoms with Crippen LogP contribution in [0.25, 0.3) is 0 Å². The zero-order valence-electron chi connectivity index (χ0n) is 13.0. The van der Waals surface area contributed by atoms with Crippen LogP contribution in [0.4, 0.5) is 5.69 Å². The van der Waals surface area contributed by atoms with Gasteiger partial charge < -0.3 is 4.74 Å². The highest BCUT2D eigenvalue weighted by Crippen LogP contribution is 2.30. The summed E-state index contributed by atoms with van der Waals surface area (Å²) in [5.41, 5.74) is 0.581. The lowest BCUT2D eigenvalue weighted by atomic mass is 10.2. The summed E-state index contributed by atoms with van der Waals surface area (Å²) < 4.78 is 31.7. The predicted octanol–water partition coefficient (Wildman–Crippen LogP) is 4.00. The first-order chi connectivity index (χ1) is 11.3. The Balaban J connectivity index is 2.55. The van der Waals surface area contributed by atoms with Crippen molar-refractivity contribution in [2.24, 2.45) is 0 Å². The number of methoxy groups -OCH3 is 1. The molecule has 0 fully saturated rings. The van der Waals surface area contributed by atoms with Gasteiger partial charge in [-0.3, -0.25) is 4.31 Å². The summed E-state index contributed by atoms with van der Waals surface area (Å²) in [4.78, 5) is 11.6. The summed E-state index contributed by atoms with van der Waals surface area (Å²) in [5, 5.41) is 0.333. The fourth-order valence-electron chi connectivity index (χ4n) is 2.19. The van der Waals surface area contributed by atoms with Crippen LogP contribution in [0.1, 0.15) is 17.3 Å². The molecule has 0 aliphatic heterocycles. The van der Waals surface area contributed by atoms with Crippen LogP contribution >= 0.6 is 23.2 Å². The van der Waals surface area contributed by atoms with E-state index in [0.717, 1.165) is 4.31 Å². The van der Waals surface area contributed by atoms with E-state index in [2.05, 4.69) is 4.74 Å². The van der Waals surface area contributed by atoms with Crippen molar-refractivity contribution in [3.8, 4) is 0 Å². The lowest BCUT2D eigenvalue weighted by Gasteiger charge is -2.24. The van der Waals surface area contributed by atoms with Crippen LogP contribution in [0.2, 0.25) is 10.0 Å². The first-order valence-corrected chi connectivity index (χ1v) is 9.17. The average Bonchev–Trinajstić information content (AvgIpc) is 2.57. The minimum absolute atomic E-state index is 0.0713. The van der Waals surface area contributed by atoms with Crippen molar-refractivity contribution in [3.63, 3.8) is 0 Å². The molecular formula is C16H15Cl2NO4S. The Hall–Kier alpha value is -1.76. The molecular weight excluding hydrogens is 373 g/mol. The molecule has 0 N–H and O–H groups in total. The number of rotatable bonds is 5. The predicted molar refractivity (Wildman–Crippen MR) is 94.4 cm³/mol. The summed E-state index contributed by atoms with van der Waals surface area (Å²) in [6.07, 6.45) is 0. The molecule has 2 aromatic carbocycles. The molecule has 0 radical (unpaired) electrons. The lowest BCUT2D eigenvalue weighted by molar-refractivity contribution is 0.0600. The summed E-state index contributed by atoms with van der Waals surface area (Å²) in [7, 11) is -2.68. The zero-order valence-corrected chi connectivity index (χ0v) is 15.3. The van der Waals surface area contributed by atoms with E-state index < -0.39 is 16.0 Å². The normalized spacial score (nSPS) is 11.2. The first-order valence-electron chi connectivity index (χ1n) is 6.97. The maximum absolute atomic E-state index is 13.0. The molecule has 8 heteroatoms. The third-order valence-electron chi connectivity index (χ3n) is 3.30. The molecule has 0 saturated carbocycles. The Labute approximate surface area is 150 Å². The smallest absolute Gasteiger partial charge is 0.337 e. The second-order valence-electron chi connectivity index (χ2n) is 4.79. The number of halogens is 2.